The Morgan fingerprint density at radius 3 is 2.65 bits per heavy atom. The number of hydrogen-bond acceptors (Lipinski definition) is 2. The molecule has 0 aliphatic heterocycles. The molecule has 1 aromatic heterocycles. The number of rotatable bonds is 3. The molecule has 4 rings (SSSR count). The van der Waals surface area contributed by atoms with Gasteiger partial charge >= 0.3 is 0 Å². The number of nitrogens with one attached hydrogen (secondary N) is 1. The molecule has 132 valence electrons. The average molecular weight is 342 g/mol. The summed E-state index contributed by atoms with van der Waals surface area (Å²) in [6, 6.07) is 15.3. The van der Waals surface area contributed by atoms with E-state index >= 15 is 0 Å². The lowest BCUT2D eigenvalue weighted by Gasteiger charge is -2.30. The molecule has 0 fully saturated rings. The van der Waals surface area contributed by atoms with Gasteiger partial charge in [-0.3, -0.25) is 4.98 Å². The largest absolute Gasteiger partial charge is 0.377 e. The molecule has 1 aromatic carbocycles. The van der Waals surface area contributed by atoms with Crippen molar-refractivity contribution in [3.63, 3.8) is 0 Å². The van der Waals surface area contributed by atoms with E-state index in [0.29, 0.717) is 6.04 Å². The standard InChI is InChI=1S/C24H26N2/c1-3-18-14-15-22-21(20-10-5-4-9-19(18)20)11-8-13-24(22)26-17(2)23-12-6-7-16-25-23/h3-7,9-10,12,16,24,26H,2,8,11,13-15H2,1H3/b18-3-. The van der Waals surface area contributed by atoms with E-state index in [9.17, 15) is 0 Å². The van der Waals surface area contributed by atoms with Gasteiger partial charge in [0.05, 0.1) is 11.4 Å². The van der Waals surface area contributed by atoms with Crippen molar-refractivity contribution in [3.05, 3.63) is 83.7 Å². The van der Waals surface area contributed by atoms with Crippen molar-refractivity contribution in [1.29, 1.82) is 0 Å². The molecule has 0 bridgehead atoms. The summed E-state index contributed by atoms with van der Waals surface area (Å²) in [5.41, 5.74) is 9.30. The first-order chi connectivity index (χ1) is 12.8. The van der Waals surface area contributed by atoms with Crippen LogP contribution in [0.1, 0.15) is 55.8 Å². The van der Waals surface area contributed by atoms with Crippen LogP contribution in [0.25, 0.3) is 16.8 Å². The molecule has 0 radical (unpaired) electrons. The highest BCUT2D eigenvalue weighted by atomic mass is 15.0. The van der Waals surface area contributed by atoms with E-state index in [1.807, 2.05) is 24.4 Å². The number of aromatic nitrogens is 1. The van der Waals surface area contributed by atoms with Gasteiger partial charge in [0.2, 0.25) is 0 Å². The van der Waals surface area contributed by atoms with Gasteiger partial charge in [-0.1, -0.05) is 43.0 Å². The molecule has 1 N–H and O–H groups in total. The predicted molar refractivity (Wildman–Crippen MR) is 110 cm³/mol. The fourth-order valence-electron chi connectivity index (χ4n) is 4.38. The van der Waals surface area contributed by atoms with E-state index in [-0.39, 0.29) is 0 Å². The normalized spacial score (nSPS) is 21.0. The first-order valence-corrected chi connectivity index (χ1v) is 9.61. The van der Waals surface area contributed by atoms with Crippen LogP contribution in [0.4, 0.5) is 0 Å². The van der Waals surface area contributed by atoms with Gasteiger partial charge in [0.1, 0.15) is 0 Å². The quantitative estimate of drug-likeness (QED) is 0.757. The molecule has 0 amide bonds. The maximum Gasteiger partial charge on any atom is 0.0854 e. The van der Waals surface area contributed by atoms with Crippen molar-refractivity contribution < 1.29 is 0 Å². The first kappa shape index (κ1) is 16.8. The topological polar surface area (TPSA) is 24.9 Å². The summed E-state index contributed by atoms with van der Waals surface area (Å²) < 4.78 is 0. The minimum absolute atomic E-state index is 0.359. The Hall–Kier alpha value is -2.61. The minimum Gasteiger partial charge on any atom is -0.377 e. The van der Waals surface area contributed by atoms with Crippen LogP contribution in [-0.2, 0) is 0 Å². The zero-order chi connectivity index (χ0) is 17.9. The van der Waals surface area contributed by atoms with Crippen LogP contribution in [0.5, 0.6) is 0 Å². The molecule has 1 heterocycles. The van der Waals surface area contributed by atoms with E-state index in [2.05, 4.69) is 54.1 Å². The molecule has 2 heteroatoms. The van der Waals surface area contributed by atoms with Gasteiger partial charge in [-0.15, -0.1) is 0 Å². The zero-order valence-electron chi connectivity index (χ0n) is 15.5. The predicted octanol–water partition coefficient (Wildman–Crippen LogP) is 5.85. The highest BCUT2D eigenvalue weighted by Gasteiger charge is 2.28. The summed E-state index contributed by atoms with van der Waals surface area (Å²) in [5, 5.41) is 3.69. The Morgan fingerprint density at radius 2 is 1.88 bits per heavy atom. The number of fused-ring (bicyclic) bond motifs is 2. The molecule has 26 heavy (non-hydrogen) atoms. The summed E-state index contributed by atoms with van der Waals surface area (Å²) in [7, 11) is 0. The fourth-order valence-corrected chi connectivity index (χ4v) is 4.38. The zero-order valence-corrected chi connectivity index (χ0v) is 15.5. The molecule has 0 spiro atoms. The number of allylic oxidation sites excluding steroid dienone is 3. The highest BCUT2D eigenvalue weighted by molar-refractivity contribution is 5.84. The van der Waals surface area contributed by atoms with Crippen molar-refractivity contribution in [2.24, 2.45) is 0 Å². The first-order valence-electron chi connectivity index (χ1n) is 9.61. The van der Waals surface area contributed by atoms with Gasteiger partial charge in [0.25, 0.3) is 0 Å². The highest BCUT2D eigenvalue weighted by Crippen LogP contribution is 2.42. The van der Waals surface area contributed by atoms with Gasteiger partial charge in [-0.2, -0.15) is 0 Å². The number of hydrogen-bond donors (Lipinski definition) is 1. The minimum atomic E-state index is 0.359. The van der Waals surface area contributed by atoms with Crippen molar-refractivity contribution in [1.82, 2.24) is 10.3 Å². The molecule has 2 aromatic rings. The summed E-state index contributed by atoms with van der Waals surface area (Å²) in [4.78, 5) is 4.44. The monoisotopic (exact) mass is 342 g/mol. The third kappa shape index (κ3) is 3.12. The van der Waals surface area contributed by atoms with Crippen LogP contribution >= 0.6 is 0 Å². The molecular weight excluding hydrogens is 316 g/mol. The van der Waals surface area contributed by atoms with Gasteiger partial charge in [-0.25, -0.2) is 0 Å². The van der Waals surface area contributed by atoms with Crippen molar-refractivity contribution in [2.45, 2.75) is 45.1 Å². The van der Waals surface area contributed by atoms with Crippen molar-refractivity contribution >= 4 is 16.8 Å². The molecular formula is C24H26N2. The van der Waals surface area contributed by atoms with Crippen LogP contribution in [0.2, 0.25) is 0 Å². The van der Waals surface area contributed by atoms with Crippen molar-refractivity contribution in [3.8, 4) is 0 Å². The maximum absolute atomic E-state index is 4.44. The summed E-state index contributed by atoms with van der Waals surface area (Å²) >= 11 is 0. The fraction of sp³-hybridized carbons (Fsp3) is 0.292. The van der Waals surface area contributed by atoms with Gasteiger partial charge in [-0.05, 0) is 79.0 Å². The van der Waals surface area contributed by atoms with Crippen LogP contribution < -0.4 is 5.32 Å². The van der Waals surface area contributed by atoms with E-state index in [0.717, 1.165) is 30.7 Å². The molecule has 0 saturated carbocycles. The Labute approximate surface area is 156 Å². The third-order valence-electron chi connectivity index (χ3n) is 5.66. The number of nitrogens with zero attached hydrogens (tertiary/aromatic N) is 1. The Kier molecular flexibility index (Phi) is 4.75. The smallest absolute Gasteiger partial charge is 0.0854 e. The molecule has 2 aliphatic carbocycles. The lowest BCUT2D eigenvalue weighted by atomic mass is 9.82. The molecule has 2 nitrogen and oxygen atoms in total. The average Bonchev–Trinajstić information content (AvgIpc) is 2.86. The van der Waals surface area contributed by atoms with Gasteiger partial charge < -0.3 is 5.32 Å². The van der Waals surface area contributed by atoms with E-state index < -0.39 is 0 Å². The second-order valence-corrected chi connectivity index (χ2v) is 7.15. The number of benzene rings is 1. The Morgan fingerprint density at radius 1 is 1.08 bits per heavy atom. The van der Waals surface area contributed by atoms with Gasteiger partial charge in [0, 0.05) is 12.2 Å². The van der Waals surface area contributed by atoms with E-state index in [1.54, 1.807) is 11.1 Å². The molecule has 0 saturated heterocycles. The SMILES string of the molecule is C=C(NC1CCCC2=C1CC/C(=C/C)c1ccccc12)c1ccccn1. The van der Waals surface area contributed by atoms with Crippen LogP contribution in [0.3, 0.4) is 0 Å². The summed E-state index contributed by atoms with van der Waals surface area (Å²) in [6.45, 7) is 6.41. The lowest BCUT2D eigenvalue weighted by Crippen LogP contribution is -2.32. The summed E-state index contributed by atoms with van der Waals surface area (Å²) in [6.07, 6.45) is 9.90. The van der Waals surface area contributed by atoms with Crippen LogP contribution in [0.15, 0.2) is 66.9 Å². The van der Waals surface area contributed by atoms with Crippen molar-refractivity contribution in [2.75, 3.05) is 0 Å². The molecule has 2 aliphatic rings. The van der Waals surface area contributed by atoms with Crippen LogP contribution in [0, 0.1) is 0 Å². The van der Waals surface area contributed by atoms with Crippen LogP contribution in [-0.4, -0.2) is 11.0 Å². The van der Waals surface area contributed by atoms with Gasteiger partial charge in [0.15, 0.2) is 0 Å². The molecule has 1 atom stereocenters. The number of pyridine rings is 1. The third-order valence-corrected chi connectivity index (χ3v) is 5.66. The second-order valence-electron chi connectivity index (χ2n) is 7.15. The molecule has 1 unspecified atom stereocenters. The maximum atomic E-state index is 4.44. The Bertz CT molecular complexity index is 874. The van der Waals surface area contributed by atoms with E-state index in [4.69, 9.17) is 0 Å². The summed E-state index contributed by atoms with van der Waals surface area (Å²) in [5.74, 6) is 0. The lowest BCUT2D eigenvalue weighted by molar-refractivity contribution is 0.556. The Balaban J connectivity index is 1.69. The van der Waals surface area contributed by atoms with E-state index in [1.165, 1.54) is 29.5 Å². The second kappa shape index (κ2) is 7.33.